The fourth-order valence-electron chi connectivity index (χ4n) is 3.18. The van der Waals surface area contributed by atoms with Gasteiger partial charge in [0.25, 0.3) is 0 Å². The molecule has 0 bridgehead atoms. The van der Waals surface area contributed by atoms with E-state index >= 15 is 0 Å². The van der Waals surface area contributed by atoms with Crippen molar-refractivity contribution >= 4 is 35.2 Å². The highest BCUT2D eigenvalue weighted by atomic mass is 35.5. The third kappa shape index (κ3) is 8.58. The van der Waals surface area contributed by atoms with Crippen LogP contribution in [-0.4, -0.2) is 35.1 Å². The maximum absolute atomic E-state index is 13.1. The van der Waals surface area contributed by atoms with Crippen molar-refractivity contribution in [2.24, 2.45) is 0 Å². The normalized spacial score (nSPS) is 11.7. The summed E-state index contributed by atoms with van der Waals surface area (Å²) >= 11 is 7.64. The number of hydrogen-bond acceptors (Lipinski definition) is 3. The van der Waals surface area contributed by atoms with Gasteiger partial charge in [0.1, 0.15) is 6.04 Å². The highest BCUT2D eigenvalue weighted by Gasteiger charge is 2.25. The molecule has 4 nitrogen and oxygen atoms in total. The van der Waals surface area contributed by atoms with Gasteiger partial charge in [-0.3, -0.25) is 9.59 Å². The summed E-state index contributed by atoms with van der Waals surface area (Å²) in [5.41, 5.74) is 2.19. The highest BCUT2D eigenvalue weighted by Crippen LogP contribution is 2.22. The van der Waals surface area contributed by atoms with E-state index in [1.165, 1.54) is 0 Å². The first-order valence-electron chi connectivity index (χ1n) is 10.9. The first-order chi connectivity index (χ1) is 14.9. The van der Waals surface area contributed by atoms with Crippen LogP contribution in [0.5, 0.6) is 0 Å². The lowest BCUT2D eigenvalue weighted by atomic mass is 10.1. The van der Waals surface area contributed by atoms with E-state index in [1.807, 2.05) is 62.4 Å². The zero-order valence-corrected chi connectivity index (χ0v) is 20.3. The minimum atomic E-state index is -0.507. The molecular weight excluding hydrogens is 428 g/mol. The summed E-state index contributed by atoms with van der Waals surface area (Å²) in [5, 5.41) is 3.68. The summed E-state index contributed by atoms with van der Waals surface area (Å²) < 4.78 is 0. The lowest BCUT2D eigenvalue weighted by Gasteiger charge is -2.29. The first kappa shape index (κ1) is 25.3. The average Bonchev–Trinajstić information content (AvgIpc) is 2.77. The molecule has 0 aliphatic carbocycles. The Balaban J connectivity index is 1.98. The van der Waals surface area contributed by atoms with Gasteiger partial charge in [-0.05, 0) is 67.8 Å². The van der Waals surface area contributed by atoms with Gasteiger partial charge in [-0.25, -0.2) is 0 Å². The molecule has 0 aliphatic rings. The van der Waals surface area contributed by atoms with E-state index in [9.17, 15) is 9.59 Å². The maximum Gasteiger partial charge on any atom is 0.242 e. The molecule has 0 heterocycles. The van der Waals surface area contributed by atoms with Crippen molar-refractivity contribution in [3.05, 3.63) is 64.7 Å². The number of unbranched alkanes of at least 4 members (excludes halogenated alkanes) is 1. The second kappa shape index (κ2) is 13.4. The predicted molar refractivity (Wildman–Crippen MR) is 131 cm³/mol. The van der Waals surface area contributed by atoms with Gasteiger partial charge in [0, 0.05) is 29.4 Å². The van der Waals surface area contributed by atoms with Crippen LogP contribution < -0.4 is 5.32 Å². The van der Waals surface area contributed by atoms with Crippen molar-refractivity contribution in [1.29, 1.82) is 0 Å². The Kier molecular flexibility index (Phi) is 11.0. The summed E-state index contributed by atoms with van der Waals surface area (Å²) in [6.45, 7) is 7.03. The number of aryl methyl sites for hydroxylation is 1. The van der Waals surface area contributed by atoms with E-state index in [4.69, 9.17) is 11.6 Å². The zero-order valence-electron chi connectivity index (χ0n) is 18.7. The van der Waals surface area contributed by atoms with Gasteiger partial charge in [-0.1, -0.05) is 49.2 Å². The molecule has 168 valence electrons. The quantitative estimate of drug-likeness (QED) is 0.319. The maximum atomic E-state index is 13.1. The zero-order chi connectivity index (χ0) is 22.6. The molecule has 2 aromatic carbocycles. The number of nitrogens with zero attached hydrogens (tertiary/aromatic N) is 1. The molecule has 31 heavy (non-hydrogen) atoms. The largest absolute Gasteiger partial charge is 0.354 e. The van der Waals surface area contributed by atoms with Crippen molar-refractivity contribution in [3.63, 3.8) is 0 Å². The van der Waals surface area contributed by atoms with E-state index < -0.39 is 6.04 Å². The van der Waals surface area contributed by atoms with Crippen LogP contribution in [0.2, 0.25) is 5.02 Å². The van der Waals surface area contributed by atoms with Gasteiger partial charge in [0.15, 0.2) is 0 Å². The molecule has 0 aliphatic heterocycles. The molecule has 0 saturated carbocycles. The van der Waals surface area contributed by atoms with Crippen LogP contribution in [0.1, 0.15) is 50.7 Å². The van der Waals surface area contributed by atoms with Crippen molar-refractivity contribution < 1.29 is 9.59 Å². The molecule has 0 radical (unpaired) electrons. The Morgan fingerprint density at radius 2 is 1.81 bits per heavy atom. The van der Waals surface area contributed by atoms with E-state index in [1.54, 1.807) is 16.7 Å². The number of carbonyl (C=O) groups excluding carboxylic acids is 2. The van der Waals surface area contributed by atoms with Gasteiger partial charge < -0.3 is 10.2 Å². The summed E-state index contributed by atoms with van der Waals surface area (Å²) in [4.78, 5) is 28.6. The van der Waals surface area contributed by atoms with Gasteiger partial charge in [-0.15, -0.1) is 11.8 Å². The Labute approximate surface area is 195 Å². The fourth-order valence-corrected chi connectivity index (χ4v) is 4.16. The number of carbonyl (C=O) groups is 2. The molecule has 0 saturated heterocycles. The Hall–Kier alpha value is -1.98. The minimum Gasteiger partial charge on any atom is -0.354 e. The fraction of sp³-hybridized carbons (Fsp3) is 0.440. The number of benzene rings is 2. The number of thioether (sulfide) groups is 1. The summed E-state index contributed by atoms with van der Waals surface area (Å²) in [5.74, 6) is 0.756. The molecule has 2 aromatic rings. The summed E-state index contributed by atoms with van der Waals surface area (Å²) in [7, 11) is 0. The van der Waals surface area contributed by atoms with Crippen LogP contribution in [0.15, 0.2) is 53.4 Å². The number of hydrogen-bond donors (Lipinski definition) is 1. The minimum absolute atomic E-state index is 0.0121. The summed E-state index contributed by atoms with van der Waals surface area (Å²) in [6.07, 6.45) is 3.12. The standard InChI is InChI=1S/C25H33ClN2O2S/c1-4-5-16-27-25(30)20(3)28(18-21-10-7-6-9-19(21)2)24(29)11-8-17-31-23-14-12-22(26)13-15-23/h6-7,9-10,12-15,20H,4-5,8,11,16-18H2,1-3H3,(H,27,30). The van der Waals surface area contributed by atoms with Crippen LogP contribution in [0.25, 0.3) is 0 Å². The predicted octanol–water partition coefficient (Wildman–Crippen LogP) is 5.85. The highest BCUT2D eigenvalue weighted by molar-refractivity contribution is 7.99. The number of amides is 2. The van der Waals surface area contributed by atoms with E-state index in [0.29, 0.717) is 19.5 Å². The Morgan fingerprint density at radius 1 is 1.10 bits per heavy atom. The first-order valence-corrected chi connectivity index (χ1v) is 12.3. The third-order valence-electron chi connectivity index (χ3n) is 5.22. The van der Waals surface area contributed by atoms with Crippen LogP contribution in [0.4, 0.5) is 0 Å². The lowest BCUT2D eigenvalue weighted by molar-refractivity contribution is -0.140. The molecule has 0 aromatic heterocycles. The second-order valence-electron chi connectivity index (χ2n) is 7.67. The molecule has 1 unspecified atom stereocenters. The van der Waals surface area contributed by atoms with Crippen LogP contribution >= 0.6 is 23.4 Å². The van der Waals surface area contributed by atoms with Crippen LogP contribution in [0, 0.1) is 6.92 Å². The van der Waals surface area contributed by atoms with E-state index in [-0.39, 0.29) is 11.8 Å². The van der Waals surface area contributed by atoms with Gasteiger partial charge in [0.05, 0.1) is 0 Å². The average molecular weight is 461 g/mol. The van der Waals surface area contributed by atoms with Crippen molar-refractivity contribution in [3.8, 4) is 0 Å². The molecule has 1 N–H and O–H groups in total. The molecule has 2 rings (SSSR count). The van der Waals surface area contributed by atoms with Crippen molar-refractivity contribution in [1.82, 2.24) is 10.2 Å². The third-order valence-corrected chi connectivity index (χ3v) is 6.57. The van der Waals surface area contributed by atoms with Crippen LogP contribution in [-0.2, 0) is 16.1 Å². The number of halogens is 1. The van der Waals surface area contributed by atoms with Gasteiger partial charge in [0.2, 0.25) is 11.8 Å². The van der Waals surface area contributed by atoms with Crippen molar-refractivity contribution in [2.75, 3.05) is 12.3 Å². The summed E-state index contributed by atoms with van der Waals surface area (Å²) in [6, 6.07) is 15.2. The monoisotopic (exact) mass is 460 g/mol. The molecule has 0 fully saturated rings. The molecule has 2 amide bonds. The molecule has 0 spiro atoms. The molecule has 1 atom stereocenters. The van der Waals surface area contributed by atoms with Gasteiger partial charge >= 0.3 is 0 Å². The SMILES string of the molecule is CCCCNC(=O)C(C)N(Cc1ccccc1C)C(=O)CCCSc1ccc(Cl)cc1. The van der Waals surface area contributed by atoms with E-state index in [2.05, 4.69) is 12.2 Å². The smallest absolute Gasteiger partial charge is 0.242 e. The van der Waals surface area contributed by atoms with E-state index in [0.717, 1.165) is 46.1 Å². The van der Waals surface area contributed by atoms with Crippen molar-refractivity contribution in [2.45, 2.75) is 63.9 Å². The van der Waals surface area contributed by atoms with Crippen LogP contribution in [0.3, 0.4) is 0 Å². The number of rotatable bonds is 12. The number of nitrogens with one attached hydrogen (secondary N) is 1. The topological polar surface area (TPSA) is 49.4 Å². The lowest BCUT2D eigenvalue weighted by Crippen LogP contribution is -2.47. The van der Waals surface area contributed by atoms with Gasteiger partial charge in [-0.2, -0.15) is 0 Å². The molecule has 6 heteroatoms. The second-order valence-corrected chi connectivity index (χ2v) is 9.28. The Bertz CT molecular complexity index is 842. The molecular formula is C25H33ClN2O2S. The Morgan fingerprint density at radius 3 is 2.48 bits per heavy atom.